The van der Waals surface area contributed by atoms with E-state index in [9.17, 15) is 54.6 Å². The van der Waals surface area contributed by atoms with Crippen LogP contribution in [0.25, 0.3) is 132 Å². The summed E-state index contributed by atoms with van der Waals surface area (Å²) >= 11 is 0. The normalized spacial score (nSPS) is 15.6. The van der Waals surface area contributed by atoms with Gasteiger partial charge in [0.15, 0.2) is 0 Å². The van der Waals surface area contributed by atoms with Crippen LogP contribution < -0.4 is 38.9 Å². The van der Waals surface area contributed by atoms with E-state index in [1.54, 1.807) is 15.2 Å². The number of amides is 4. The predicted octanol–water partition coefficient (Wildman–Crippen LogP) is 11.5. The molecular formula is C104H118N24O13. The first kappa shape index (κ1) is 104. The molecule has 37 heteroatoms. The average Bonchev–Trinajstić information content (AvgIpc) is 0.889. The molecule has 4 saturated carbocycles. The molecule has 0 radical (unpaired) electrons. The second-order valence-electron chi connectivity index (χ2n) is 36.2. The van der Waals surface area contributed by atoms with Crippen molar-refractivity contribution in [1.82, 2.24) is 79.0 Å². The minimum Gasteiger partial charge on any atom is -0.460 e. The second kappa shape index (κ2) is 46.6. The van der Waals surface area contributed by atoms with E-state index in [1.165, 1.54) is 102 Å². The van der Waals surface area contributed by atoms with Crippen molar-refractivity contribution in [2.45, 2.75) is 155 Å². The van der Waals surface area contributed by atoms with Gasteiger partial charge in [0.1, 0.15) is 83.3 Å². The van der Waals surface area contributed by atoms with Crippen LogP contribution >= 0.6 is 0 Å². The van der Waals surface area contributed by atoms with Gasteiger partial charge in [-0.2, -0.15) is 0 Å². The smallest absolute Gasteiger partial charge is 0.331 e. The third-order valence-electron chi connectivity index (χ3n) is 25.2. The third kappa shape index (κ3) is 23.5. The molecule has 37 nitrogen and oxygen atoms in total. The number of rotatable bonds is 34. The third-order valence-corrected chi connectivity index (χ3v) is 25.2. The lowest BCUT2D eigenvalue weighted by Gasteiger charge is -2.57. The highest BCUT2D eigenvalue weighted by Gasteiger charge is 2.52. The summed E-state index contributed by atoms with van der Waals surface area (Å²) in [4.78, 5) is 115. The number of anilines is 4. The van der Waals surface area contributed by atoms with Gasteiger partial charge in [0.2, 0.25) is 0 Å². The van der Waals surface area contributed by atoms with Gasteiger partial charge in [-0.15, -0.1) is 0 Å². The van der Waals surface area contributed by atoms with Gasteiger partial charge in [0.25, 0.3) is 46.4 Å². The molecule has 0 spiro atoms. The van der Waals surface area contributed by atoms with Gasteiger partial charge in [0, 0.05) is 117 Å². The largest absolute Gasteiger partial charge is 0.460 e. The Morgan fingerprint density at radius 3 is 1.00 bits per heavy atom. The molecule has 4 aliphatic carbocycles. The summed E-state index contributed by atoms with van der Waals surface area (Å²) in [7, 11) is 1.53. The second-order valence-corrected chi connectivity index (χ2v) is 36.2. The van der Waals surface area contributed by atoms with Crippen molar-refractivity contribution in [3.05, 3.63) is 249 Å². The molecule has 8 aromatic heterocycles. The van der Waals surface area contributed by atoms with E-state index in [1.807, 2.05) is 134 Å². The molecule has 4 amide bonds. The maximum Gasteiger partial charge on any atom is 0.331 e. The number of aromatic nitrogens is 12. The number of esters is 1. The zero-order valence-electron chi connectivity index (χ0n) is 80.1. The van der Waals surface area contributed by atoms with Crippen LogP contribution in [0.1, 0.15) is 130 Å². The van der Waals surface area contributed by atoms with Crippen LogP contribution in [0.15, 0.2) is 158 Å². The fourth-order valence-corrected chi connectivity index (χ4v) is 18.6. The lowest BCUT2D eigenvalue weighted by molar-refractivity contribution is -0.150. The molecule has 0 saturated heterocycles. The molecule has 12 aromatic rings. The minimum absolute atomic E-state index is 0.00300. The van der Waals surface area contributed by atoms with Crippen LogP contribution in [0.3, 0.4) is 0 Å². The molecule has 4 bridgehead atoms. The first-order chi connectivity index (χ1) is 67.7. The van der Waals surface area contributed by atoms with E-state index >= 15 is 0 Å². The van der Waals surface area contributed by atoms with E-state index in [2.05, 4.69) is 81.8 Å². The Labute approximate surface area is 816 Å². The Kier molecular flexibility index (Phi) is 34.5. The highest BCUT2D eigenvalue weighted by Crippen LogP contribution is 2.56. The molecule has 732 valence electrons. The van der Waals surface area contributed by atoms with Crippen molar-refractivity contribution in [2.75, 3.05) is 89.4 Å². The van der Waals surface area contributed by atoms with Crippen LogP contribution in [0, 0.1) is 71.7 Å². The molecule has 4 aromatic carbocycles. The maximum atomic E-state index is 13.7. The number of benzene rings is 4. The van der Waals surface area contributed by atoms with Gasteiger partial charge in [-0.1, -0.05) is 132 Å². The van der Waals surface area contributed by atoms with Gasteiger partial charge in [-0.25, -0.2) is 64.0 Å². The quantitative estimate of drug-likeness (QED) is 0.00771. The monoisotopic (exact) mass is 1910 g/mol. The summed E-state index contributed by atoms with van der Waals surface area (Å²) in [5, 5.41) is 77.1. The molecule has 4 aliphatic rings. The van der Waals surface area contributed by atoms with Crippen molar-refractivity contribution in [3.8, 4) is 44.5 Å². The summed E-state index contributed by atoms with van der Waals surface area (Å²) in [5.74, 6) is 0.242. The van der Waals surface area contributed by atoms with Gasteiger partial charge in [-0.3, -0.25) is 19.2 Å². The van der Waals surface area contributed by atoms with E-state index < -0.39 is 48.0 Å². The lowest BCUT2D eigenvalue weighted by Crippen LogP contribution is -2.59. The molecular weight excluding hydrogens is 1790 g/mol. The molecule has 16 rings (SSSR count). The number of carbonyl (C=O) groups is 5. The Morgan fingerprint density at radius 1 is 0.447 bits per heavy atom. The van der Waals surface area contributed by atoms with Gasteiger partial charge in [0.05, 0.1) is 73.2 Å². The number of aryl methyl sites for hydroxylation is 8. The molecule has 8 heterocycles. The summed E-state index contributed by atoms with van der Waals surface area (Å²) in [6.45, 7) is 47.1. The number of fused-ring (bicyclic) bond motifs is 4. The van der Waals surface area contributed by atoms with Crippen molar-refractivity contribution in [1.29, 1.82) is 0 Å². The van der Waals surface area contributed by atoms with Crippen LogP contribution in [0.5, 0.6) is 0 Å². The van der Waals surface area contributed by atoms with Crippen molar-refractivity contribution < 1.29 is 64.5 Å². The van der Waals surface area contributed by atoms with Crippen molar-refractivity contribution in [3.63, 3.8) is 0 Å². The number of carbonyl (C=O) groups excluding carboxylic acids is 5. The molecule has 0 aliphatic heterocycles. The number of aliphatic hydroxyl groups excluding tert-OH is 7. The first-order valence-corrected chi connectivity index (χ1v) is 46.2. The van der Waals surface area contributed by atoms with E-state index in [-0.39, 0.29) is 97.9 Å². The number of hydrogen-bond acceptors (Lipinski definition) is 25. The summed E-state index contributed by atoms with van der Waals surface area (Å²) in [6, 6.07) is 31.3. The van der Waals surface area contributed by atoms with Gasteiger partial charge in [-0.05, 0) is 177 Å². The van der Waals surface area contributed by atoms with Gasteiger partial charge >= 0.3 is 5.97 Å². The van der Waals surface area contributed by atoms with E-state index in [4.69, 9.17) is 59.1 Å². The highest BCUT2D eigenvalue weighted by molar-refractivity contribution is 6.12. The number of aliphatic hydroxyl groups is 7. The standard InChI is InChI=1S/C30H34N6O2.C27H30N6O4.C24H28N6O4.C23H26N6O3/c1-18-4-6-22(7-5-18)25-24(36(8-3-9-37)28-26(25)27(31)33-17-34-28)13-23(32-2)29(38)35-30-14-19-10-20(15-30)12-21(11-19)16-30;1-6-14-37-26(36)27(3,4)32-25(35)19(29-5)15-20-21(18-10-8-17(2)9-11-18)22-23(28)30-16-31-24(22)33(20)12-7-13-34;1-15-5-7-16(8-6-15)19-18(11-17(26-3)23(34)29-24(2,12-32)13-33)30(9-4-10-31)22-20(19)21(25)27-14-28-22;1-15-5-7-16(8-6-15)19-18(13-17(25-2)23(32)28(3)10-12-31)29(9-4-11-30)22-20(19)21(24)26-14-27-22/h4-7,13,17,19-21,37H,3,8-12,14-16H2,1H3,(H,35,38)(H2,31,33,34);6,8-11,15-16,34H,1,7,12-14H2,2-4H3,(H,32,35)(H2,28,30,31);5-8,11,14,31-33H,4,9-10,12-13H2,1-2H3,(H,29,34)(H2,25,27,28);5-8,13-14,30-31H,4,9-12H2,1,3H3,(H2,24,26,27)/b23-13-;19-15-;17-11-;17-13-. The molecule has 141 heavy (non-hydrogen) atoms. The van der Waals surface area contributed by atoms with Crippen LogP contribution in [-0.2, 0) is 54.9 Å². The zero-order chi connectivity index (χ0) is 102. The number of ether oxygens (including phenoxy) is 1. The number of nitrogens with zero attached hydrogens (tertiary/aromatic N) is 17. The van der Waals surface area contributed by atoms with Gasteiger partial charge < -0.3 is 103 Å². The Bertz CT molecular complexity index is 6920. The minimum atomic E-state index is -1.39. The zero-order valence-corrected chi connectivity index (χ0v) is 80.1. The summed E-state index contributed by atoms with van der Waals surface area (Å²) in [5.41, 5.74) is 36.7. The van der Waals surface area contributed by atoms with Crippen molar-refractivity contribution >= 4 is 121 Å². The first-order valence-electron chi connectivity index (χ1n) is 46.2. The van der Waals surface area contributed by atoms with Crippen molar-refractivity contribution in [2.24, 2.45) is 17.8 Å². The fraction of sp³-hybridized carbons (Fsp3) is 0.356. The number of hydrogen-bond donors (Lipinski definition) is 14. The topological polar surface area (TPSA) is 520 Å². The average molecular weight is 1910 g/mol. The molecule has 0 unspecified atom stereocenters. The number of nitrogens with one attached hydrogen (secondary N) is 3. The Hall–Kier alpha value is -15.7. The summed E-state index contributed by atoms with van der Waals surface area (Å²) in [6.07, 6.45) is 21.7. The van der Waals surface area contributed by atoms with E-state index in [0.717, 1.165) is 74.9 Å². The maximum absolute atomic E-state index is 13.7. The predicted molar refractivity (Wildman–Crippen MR) is 541 cm³/mol. The fourth-order valence-electron chi connectivity index (χ4n) is 18.6. The molecule has 0 atom stereocenters. The summed E-state index contributed by atoms with van der Waals surface area (Å²) < 4.78 is 12.5. The number of likely N-dealkylation sites (N-methyl/N-ethyl adjacent to an activating group) is 1. The Morgan fingerprint density at radius 2 is 0.730 bits per heavy atom. The van der Waals surface area contributed by atoms with Crippen LogP contribution in [-0.4, -0.2) is 211 Å². The van der Waals surface area contributed by atoms with E-state index in [0.29, 0.717) is 153 Å². The molecule has 18 N–H and O–H groups in total. The van der Waals surface area contributed by atoms with Crippen LogP contribution in [0.4, 0.5) is 23.3 Å². The van der Waals surface area contributed by atoms with Crippen LogP contribution in [0.2, 0.25) is 0 Å². The SMILES string of the molecule is [C-]#[N+]/C(=C\c1c(-c2ccc(C)cc2)c2c(N)ncnc2n1CCCO)C(=O)N(C)CCO.[C-]#[N+]/C(=C\c1c(-c2ccc(C)cc2)c2c(N)ncnc2n1CCCO)C(=O)NC(C)(C)C(=O)OCC=C.[C-]#[N+]/C(=C\c1c(-c2ccc(C)cc2)c2c(N)ncnc2n1CCCO)C(=O)NC(C)(CO)CO.[C-]#[N+]/C(=C\c1c(-c2ccc(C)cc2)c2c(N)ncnc2n1CCCO)C(=O)NC12CC3CC(CC(C3)C1)C2. The molecule has 4 fully saturated rings. The number of nitrogen functional groups attached to an aromatic ring is 4. The lowest BCUT2D eigenvalue weighted by atomic mass is 9.53. The number of nitrogens with two attached hydrogens (primary N) is 4. The Balaban J connectivity index is 0.000000168. The highest BCUT2D eigenvalue weighted by atomic mass is 16.5.